The Morgan fingerprint density at radius 1 is 1.17 bits per heavy atom. The molecule has 170 valence electrons. The smallest absolute Gasteiger partial charge is 0.413 e. The number of hydrogen-bond donors (Lipinski definition) is 3. The van der Waals surface area contributed by atoms with E-state index in [9.17, 15) is 14.4 Å². The fourth-order valence-corrected chi connectivity index (χ4v) is 3.17. The van der Waals surface area contributed by atoms with Crippen LogP contribution in [0.25, 0.3) is 0 Å². The lowest BCUT2D eigenvalue weighted by Crippen LogP contribution is -2.54. The number of carbonyl (C=O) groups excluding carboxylic acids is 3. The molecule has 0 heterocycles. The molecule has 0 aromatic rings. The highest BCUT2D eigenvalue weighted by molar-refractivity contribution is 5.93. The van der Waals surface area contributed by atoms with Gasteiger partial charge in [-0.3, -0.25) is 10.1 Å². The highest BCUT2D eigenvalue weighted by Gasteiger charge is 2.38. The number of nitrogens with two attached hydrogens (primary N) is 1. The van der Waals surface area contributed by atoms with Crippen molar-refractivity contribution in [2.75, 3.05) is 13.2 Å². The van der Waals surface area contributed by atoms with E-state index < -0.39 is 30.3 Å². The van der Waals surface area contributed by atoms with Crippen molar-refractivity contribution >= 4 is 23.9 Å². The minimum absolute atomic E-state index is 0.0660. The minimum Gasteiger partial charge on any atom is -0.463 e. The molecular formula is C20H34N4O6. The summed E-state index contributed by atoms with van der Waals surface area (Å²) in [5, 5.41) is 5.17. The van der Waals surface area contributed by atoms with Crippen LogP contribution in [0, 0.1) is 0 Å². The van der Waals surface area contributed by atoms with Gasteiger partial charge in [-0.15, -0.1) is 0 Å². The van der Waals surface area contributed by atoms with Gasteiger partial charge in [0.1, 0.15) is 0 Å². The van der Waals surface area contributed by atoms with Gasteiger partial charge in [-0.1, -0.05) is 13.8 Å². The summed E-state index contributed by atoms with van der Waals surface area (Å²) < 4.78 is 16.1. The molecule has 0 aliphatic heterocycles. The van der Waals surface area contributed by atoms with Crippen LogP contribution in [0.3, 0.4) is 0 Å². The molecule has 0 spiro atoms. The molecule has 1 aliphatic rings. The fourth-order valence-electron chi connectivity index (χ4n) is 3.17. The van der Waals surface area contributed by atoms with Gasteiger partial charge in [0, 0.05) is 18.9 Å². The summed E-state index contributed by atoms with van der Waals surface area (Å²) in [6.45, 7) is 9.17. The average Bonchev–Trinajstić information content (AvgIpc) is 2.67. The van der Waals surface area contributed by atoms with Crippen LogP contribution < -0.4 is 16.4 Å². The lowest BCUT2D eigenvalue weighted by molar-refractivity contribution is -0.139. The molecule has 0 aromatic heterocycles. The third-order valence-electron chi connectivity index (χ3n) is 4.54. The summed E-state index contributed by atoms with van der Waals surface area (Å²) in [5.74, 6) is -0.933. The Morgan fingerprint density at radius 2 is 1.80 bits per heavy atom. The van der Waals surface area contributed by atoms with E-state index in [4.69, 9.17) is 19.9 Å². The number of alkyl carbamates (subject to hydrolysis) is 1. The second kappa shape index (κ2) is 12.8. The van der Waals surface area contributed by atoms with Crippen molar-refractivity contribution in [2.24, 2.45) is 10.7 Å². The van der Waals surface area contributed by atoms with Crippen LogP contribution in [0.4, 0.5) is 4.79 Å². The zero-order valence-electron chi connectivity index (χ0n) is 18.4. The summed E-state index contributed by atoms with van der Waals surface area (Å²) in [6.07, 6.45) is 1.96. The molecule has 2 amide bonds. The monoisotopic (exact) mass is 426 g/mol. The first-order chi connectivity index (χ1) is 14.2. The van der Waals surface area contributed by atoms with Crippen molar-refractivity contribution in [3.63, 3.8) is 0 Å². The number of nitrogens with zero attached hydrogens (tertiary/aromatic N) is 1. The van der Waals surface area contributed by atoms with Gasteiger partial charge in [-0.25, -0.2) is 14.6 Å². The Hall–Kier alpha value is -2.62. The molecule has 3 atom stereocenters. The molecule has 30 heavy (non-hydrogen) atoms. The van der Waals surface area contributed by atoms with E-state index in [1.165, 1.54) is 6.92 Å². The Bertz CT molecular complexity index is 660. The molecule has 1 rings (SSSR count). The largest absolute Gasteiger partial charge is 0.463 e. The quantitative estimate of drug-likeness (QED) is 0.287. The first-order valence-electron chi connectivity index (χ1n) is 10.3. The van der Waals surface area contributed by atoms with E-state index in [1.807, 2.05) is 13.8 Å². The van der Waals surface area contributed by atoms with Crippen LogP contribution in [-0.4, -0.2) is 61.4 Å². The van der Waals surface area contributed by atoms with Crippen molar-refractivity contribution in [1.82, 2.24) is 10.6 Å². The third-order valence-corrected chi connectivity index (χ3v) is 4.54. The molecular weight excluding hydrogens is 392 g/mol. The highest BCUT2D eigenvalue weighted by atomic mass is 16.5. The average molecular weight is 427 g/mol. The Balaban J connectivity index is 3.26. The lowest BCUT2D eigenvalue weighted by atomic mass is 9.88. The van der Waals surface area contributed by atoms with Crippen molar-refractivity contribution in [3.05, 3.63) is 11.6 Å². The van der Waals surface area contributed by atoms with E-state index in [0.29, 0.717) is 5.57 Å². The summed E-state index contributed by atoms with van der Waals surface area (Å²) >= 11 is 0. The summed E-state index contributed by atoms with van der Waals surface area (Å²) in [4.78, 5) is 40.2. The number of guanidine groups is 1. The number of esters is 1. The predicted molar refractivity (Wildman–Crippen MR) is 112 cm³/mol. The maximum atomic E-state index is 12.4. The van der Waals surface area contributed by atoms with Crippen molar-refractivity contribution < 1.29 is 28.6 Å². The van der Waals surface area contributed by atoms with Crippen molar-refractivity contribution in [1.29, 1.82) is 0 Å². The van der Waals surface area contributed by atoms with Gasteiger partial charge >= 0.3 is 12.1 Å². The molecule has 0 aromatic carbocycles. The van der Waals surface area contributed by atoms with Crippen LogP contribution in [0.1, 0.15) is 53.9 Å². The second-order valence-electron chi connectivity index (χ2n) is 6.81. The van der Waals surface area contributed by atoms with Crippen LogP contribution >= 0.6 is 0 Å². The second-order valence-corrected chi connectivity index (χ2v) is 6.81. The first kappa shape index (κ1) is 25.4. The molecule has 3 unspecified atom stereocenters. The maximum Gasteiger partial charge on any atom is 0.413 e. The Labute approximate surface area is 177 Å². The molecule has 0 saturated carbocycles. The van der Waals surface area contributed by atoms with Crippen LogP contribution in [-0.2, 0) is 23.8 Å². The number of ether oxygens (including phenoxy) is 3. The van der Waals surface area contributed by atoms with Gasteiger partial charge in [0.25, 0.3) is 0 Å². The lowest BCUT2D eigenvalue weighted by Gasteiger charge is -2.36. The fraction of sp³-hybridized carbons (Fsp3) is 0.700. The Kier molecular flexibility index (Phi) is 10.9. The van der Waals surface area contributed by atoms with E-state index in [2.05, 4.69) is 15.6 Å². The van der Waals surface area contributed by atoms with Crippen molar-refractivity contribution in [3.8, 4) is 0 Å². The standard InChI is InChI=1S/C20H34N4O6/c1-6-14(7-2)30-16-11-13(18(26)28-8-3)10-15(17(16)22-12(5)25)23-19(21)24-20(27)29-9-4/h11,14-17H,6-10H2,1-5H3,(H,22,25)(H3,21,23,24,27). The minimum atomic E-state index is -0.739. The molecule has 0 fully saturated rings. The predicted octanol–water partition coefficient (Wildman–Crippen LogP) is 1.39. The zero-order valence-corrected chi connectivity index (χ0v) is 18.4. The van der Waals surface area contributed by atoms with E-state index in [1.54, 1.807) is 19.9 Å². The SMILES string of the molecule is CCOC(=O)NC(N)=NC1CC(C(=O)OCC)=CC(OC(CC)CC)C1NC(C)=O. The van der Waals surface area contributed by atoms with Gasteiger partial charge in [0.05, 0.1) is 37.5 Å². The summed E-state index contributed by atoms with van der Waals surface area (Å²) in [6, 6.07) is -1.23. The van der Waals surface area contributed by atoms with Crippen LogP contribution in [0.2, 0.25) is 0 Å². The number of nitrogens with one attached hydrogen (secondary N) is 2. The molecule has 0 saturated heterocycles. The maximum absolute atomic E-state index is 12.4. The number of amides is 2. The summed E-state index contributed by atoms with van der Waals surface area (Å²) in [7, 11) is 0. The van der Waals surface area contributed by atoms with Gasteiger partial charge in [-0.2, -0.15) is 0 Å². The first-order valence-corrected chi connectivity index (χ1v) is 10.3. The summed E-state index contributed by atoms with van der Waals surface area (Å²) in [5.41, 5.74) is 6.24. The normalized spacial score (nSPS) is 21.6. The van der Waals surface area contributed by atoms with Gasteiger partial charge in [0.2, 0.25) is 5.91 Å². The number of rotatable bonds is 9. The topological polar surface area (TPSA) is 141 Å². The molecule has 4 N–H and O–H groups in total. The number of hydrogen-bond acceptors (Lipinski definition) is 7. The molecule has 1 aliphatic carbocycles. The molecule has 0 radical (unpaired) electrons. The third kappa shape index (κ3) is 8.02. The highest BCUT2D eigenvalue weighted by Crippen LogP contribution is 2.27. The van der Waals surface area contributed by atoms with Crippen LogP contribution in [0.15, 0.2) is 16.6 Å². The molecule has 10 nitrogen and oxygen atoms in total. The van der Waals surface area contributed by atoms with E-state index in [0.717, 1.165) is 12.8 Å². The van der Waals surface area contributed by atoms with Gasteiger partial charge < -0.3 is 25.3 Å². The number of aliphatic imine (C=N–C) groups is 1. The van der Waals surface area contributed by atoms with Gasteiger partial charge in [0.15, 0.2) is 5.96 Å². The van der Waals surface area contributed by atoms with E-state index >= 15 is 0 Å². The van der Waals surface area contributed by atoms with E-state index in [-0.39, 0.29) is 37.6 Å². The van der Waals surface area contributed by atoms with Gasteiger partial charge in [-0.05, 0) is 32.8 Å². The number of carbonyl (C=O) groups is 3. The Morgan fingerprint density at radius 3 is 2.33 bits per heavy atom. The molecule has 0 bridgehead atoms. The zero-order chi connectivity index (χ0) is 22.7. The van der Waals surface area contributed by atoms with Crippen LogP contribution in [0.5, 0.6) is 0 Å². The molecule has 10 heteroatoms. The van der Waals surface area contributed by atoms with Crippen molar-refractivity contribution in [2.45, 2.75) is 78.2 Å².